The number of nitrogens with zero attached hydrogens (tertiary/aromatic N) is 1. The smallest absolute Gasteiger partial charge is 0.0571 e. The van der Waals surface area contributed by atoms with Crippen LogP contribution in [0.25, 0.3) is 0 Å². The lowest BCUT2D eigenvalue weighted by molar-refractivity contribution is 0.142. The fourth-order valence-electron chi connectivity index (χ4n) is 1.58. The lowest BCUT2D eigenvalue weighted by atomic mass is 10.1. The second-order valence-electron chi connectivity index (χ2n) is 3.80. The van der Waals surface area contributed by atoms with Crippen LogP contribution in [0.1, 0.15) is 24.8 Å². The van der Waals surface area contributed by atoms with Crippen molar-refractivity contribution in [2.75, 3.05) is 0 Å². The van der Waals surface area contributed by atoms with Crippen molar-refractivity contribution in [1.29, 1.82) is 0 Å². The van der Waals surface area contributed by atoms with Crippen LogP contribution in [0.4, 0.5) is 0 Å². The van der Waals surface area contributed by atoms with E-state index in [0.717, 1.165) is 12.8 Å². The molecule has 1 aliphatic carbocycles. The first-order chi connectivity index (χ1) is 6.36. The molecule has 1 N–H and O–H groups in total. The summed E-state index contributed by atoms with van der Waals surface area (Å²) in [5.41, 5.74) is 1.22. The normalized spacial score (nSPS) is 18.5. The molecule has 1 aromatic heterocycles. The monoisotopic (exact) mass is 177 g/mol. The van der Waals surface area contributed by atoms with E-state index in [2.05, 4.69) is 11.1 Å². The molecular formula is C11H15NO. The van der Waals surface area contributed by atoms with Gasteiger partial charge in [-0.05, 0) is 43.2 Å². The van der Waals surface area contributed by atoms with E-state index in [0.29, 0.717) is 5.92 Å². The highest BCUT2D eigenvalue weighted by molar-refractivity contribution is 5.08. The van der Waals surface area contributed by atoms with Gasteiger partial charge in [0, 0.05) is 12.4 Å². The predicted molar refractivity (Wildman–Crippen MR) is 51.3 cm³/mol. The maximum atomic E-state index is 9.63. The Bertz CT molecular complexity index is 256. The molecule has 0 saturated heterocycles. The van der Waals surface area contributed by atoms with Crippen molar-refractivity contribution in [2.24, 2.45) is 5.92 Å². The number of aromatic nitrogens is 1. The van der Waals surface area contributed by atoms with Gasteiger partial charge in [0.2, 0.25) is 0 Å². The SMILES string of the molecule is OC(CCc1cccnc1)C1CC1. The molecule has 0 spiro atoms. The predicted octanol–water partition coefficient (Wildman–Crippen LogP) is 1.79. The van der Waals surface area contributed by atoms with Gasteiger partial charge in [0.25, 0.3) is 0 Å². The summed E-state index contributed by atoms with van der Waals surface area (Å²) in [5.74, 6) is 0.594. The van der Waals surface area contributed by atoms with Gasteiger partial charge in [-0.3, -0.25) is 4.98 Å². The first kappa shape index (κ1) is 8.70. The Hall–Kier alpha value is -0.890. The third kappa shape index (κ3) is 2.52. The van der Waals surface area contributed by atoms with Crippen LogP contribution in [0.15, 0.2) is 24.5 Å². The fourth-order valence-corrected chi connectivity index (χ4v) is 1.58. The summed E-state index contributed by atoms with van der Waals surface area (Å²) in [6.07, 6.45) is 7.84. The van der Waals surface area contributed by atoms with Crippen molar-refractivity contribution in [1.82, 2.24) is 4.98 Å². The van der Waals surface area contributed by atoms with Gasteiger partial charge in [0.15, 0.2) is 0 Å². The Kier molecular flexibility index (Phi) is 2.60. The van der Waals surface area contributed by atoms with Gasteiger partial charge in [0.05, 0.1) is 6.10 Å². The molecule has 2 rings (SSSR count). The number of aliphatic hydroxyl groups is 1. The zero-order chi connectivity index (χ0) is 9.10. The maximum Gasteiger partial charge on any atom is 0.0571 e. The Balaban J connectivity index is 1.78. The molecule has 1 aliphatic rings. The zero-order valence-electron chi connectivity index (χ0n) is 7.69. The Morgan fingerprint density at radius 2 is 2.38 bits per heavy atom. The van der Waals surface area contributed by atoms with Crippen molar-refractivity contribution in [2.45, 2.75) is 31.8 Å². The van der Waals surface area contributed by atoms with Crippen molar-refractivity contribution in [3.8, 4) is 0 Å². The molecule has 0 radical (unpaired) electrons. The summed E-state index contributed by atoms with van der Waals surface area (Å²) in [6, 6.07) is 4.01. The van der Waals surface area contributed by atoms with Crippen molar-refractivity contribution >= 4 is 0 Å². The van der Waals surface area contributed by atoms with Crippen LogP contribution in [-0.4, -0.2) is 16.2 Å². The largest absolute Gasteiger partial charge is 0.393 e. The molecule has 2 heteroatoms. The third-order valence-corrected chi connectivity index (χ3v) is 2.62. The fraction of sp³-hybridized carbons (Fsp3) is 0.545. The lowest BCUT2D eigenvalue weighted by Crippen LogP contribution is -2.10. The van der Waals surface area contributed by atoms with E-state index in [1.807, 2.05) is 12.3 Å². The van der Waals surface area contributed by atoms with Crippen LogP contribution in [0.3, 0.4) is 0 Å². The van der Waals surface area contributed by atoms with Gasteiger partial charge < -0.3 is 5.11 Å². The van der Waals surface area contributed by atoms with Gasteiger partial charge in [0.1, 0.15) is 0 Å². The standard InChI is InChI=1S/C11H15NO/c13-11(10-4-5-10)6-3-9-2-1-7-12-8-9/h1-2,7-8,10-11,13H,3-6H2. The van der Waals surface area contributed by atoms with Crippen LogP contribution in [0.2, 0.25) is 0 Å². The molecule has 0 amide bonds. The van der Waals surface area contributed by atoms with Crippen LogP contribution >= 0.6 is 0 Å². The first-order valence-electron chi connectivity index (χ1n) is 4.93. The first-order valence-corrected chi connectivity index (χ1v) is 4.93. The molecule has 1 unspecified atom stereocenters. The highest BCUT2D eigenvalue weighted by Crippen LogP contribution is 2.34. The van der Waals surface area contributed by atoms with Gasteiger partial charge in [-0.1, -0.05) is 6.07 Å². The van der Waals surface area contributed by atoms with Gasteiger partial charge in [-0.25, -0.2) is 0 Å². The van der Waals surface area contributed by atoms with Crippen LogP contribution in [-0.2, 0) is 6.42 Å². The van der Waals surface area contributed by atoms with Crippen LogP contribution in [0, 0.1) is 5.92 Å². The van der Waals surface area contributed by atoms with E-state index in [-0.39, 0.29) is 6.10 Å². The van der Waals surface area contributed by atoms with Gasteiger partial charge in [-0.15, -0.1) is 0 Å². The summed E-state index contributed by atoms with van der Waals surface area (Å²) < 4.78 is 0. The molecule has 1 heterocycles. The van der Waals surface area contributed by atoms with E-state index < -0.39 is 0 Å². The Labute approximate surface area is 78.6 Å². The number of pyridine rings is 1. The summed E-state index contributed by atoms with van der Waals surface area (Å²) >= 11 is 0. The molecular weight excluding hydrogens is 162 g/mol. The molecule has 1 saturated carbocycles. The van der Waals surface area contributed by atoms with Crippen molar-refractivity contribution < 1.29 is 5.11 Å². The third-order valence-electron chi connectivity index (χ3n) is 2.62. The van der Waals surface area contributed by atoms with Gasteiger partial charge >= 0.3 is 0 Å². The molecule has 2 nitrogen and oxygen atoms in total. The topological polar surface area (TPSA) is 33.1 Å². The number of hydrogen-bond acceptors (Lipinski definition) is 2. The number of aliphatic hydroxyl groups excluding tert-OH is 1. The second-order valence-corrected chi connectivity index (χ2v) is 3.80. The summed E-state index contributed by atoms with van der Waals surface area (Å²) in [6.45, 7) is 0. The Morgan fingerprint density at radius 1 is 1.54 bits per heavy atom. The maximum absolute atomic E-state index is 9.63. The van der Waals surface area contributed by atoms with Crippen molar-refractivity contribution in [3.05, 3.63) is 30.1 Å². The van der Waals surface area contributed by atoms with Crippen LogP contribution in [0.5, 0.6) is 0 Å². The molecule has 1 fully saturated rings. The molecule has 13 heavy (non-hydrogen) atoms. The van der Waals surface area contributed by atoms with E-state index in [4.69, 9.17) is 0 Å². The minimum atomic E-state index is -0.0831. The van der Waals surface area contributed by atoms with E-state index in [1.165, 1.54) is 18.4 Å². The number of hydrogen-bond donors (Lipinski definition) is 1. The summed E-state index contributed by atoms with van der Waals surface area (Å²) in [4.78, 5) is 4.04. The molecule has 0 bridgehead atoms. The summed E-state index contributed by atoms with van der Waals surface area (Å²) in [5, 5.41) is 9.63. The van der Waals surface area contributed by atoms with E-state index in [9.17, 15) is 5.11 Å². The van der Waals surface area contributed by atoms with Crippen molar-refractivity contribution in [3.63, 3.8) is 0 Å². The highest BCUT2D eigenvalue weighted by atomic mass is 16.3. The minimum Gasteiger partial charge on any atom is -0.393 e. The van der Waals surface area contributed by atoms with E-state index in [1.54, 1.807) is 6.20 Å². The summed E-state index contributed by atoms with van der Waals surface area (Å²) in [7, 11) is 0. The number of aryl methyl sites for hydroxylation is 1. The second kappa shape index (κ2) is 3.88. The Morgan fingerprint density at radius 3 is 3.00 bits per heavy atom. The molecule has 1 aromatic rings. The highest BCUT2D eigenvalue weighted by Gasteiger charge is 2.28. The lowest BCUT2D eigenvalue weighted by Gasteiger charge is -2.07. The average molecular weight is 177 g/mol. The van der Waals surface area contributed by atoms with Crippen LogP contribution < -0.4 is 0 Å². The zero-order valence-corrected chi connectivity index (χ0v) is 7.69. The van der Waals surface area contributed by atoms with E-state index >= 15 is 0 Å². The minimum absolute atomic E-state index is 0.0831. The average Bonchev–Trinajstić information content (AvgIpc) is 2.99. The molecule has 1 atom stereocenters. The van der Waals surface area contributed by atoms with Gasteiger partial charge in [-0.2, -0.15) is 0 Å². The molecule has 0 aliphatic heterocycles. The molecule has 0 aromatic carbocycles. The number of rotatable bonds is 4. The quantitative estimate of drug-likeness (QED) is 0.760. The molecule has 70 valence electrons.